The first-order valence-electron chi connectivity index (χ1n) is 8.06. The SMILES string of the molecule is CC(C)N1CCN(c2ccc(Nc3nccc(N)n3)cc2)CC1. The Morgan fingerprint density at radius 2 is 1.74 bits per heavy atom. The number of benzene rings is 1. The minimum absolute atomic E-state index is 0.460. The van der Waals surface area contributed by atoms with Crippen molar-refractivity contribution in [1.82, 2.24) is 14.9 Å². The second-order valence-corrected chi connectivity index (χ2v) is 6.09. The average Bonchev–Trinajstić information content (AvgIpc) is 2.56. The van der Waals surface area contributed by atoms with Crippen LogP contribution in [0.15, 0.2) is 36.5 Å². The third kappa shape index (κ3) is 3.90. The molecule has 1 aromatic carbocycles. The maximum atomic E-state index is 5.66. The third-order valence-corrected chi connectivity index (χ3v) is 4.21. The molecular formula is C17H24N6. The second-order valence-electron chi connectivity index (χ2n) is 6.09. The molecular weight excluding hydrogens is 288 g/mol. The van der Waals surface area contributed by atoms with Crippen molar-refractivity contribution in [2.45, 2.75) is 19.9 Å². The second kappa shape index (κ2) is 6.83. The Labute approximate surface area is 137 Å². The normalized spacial score (nSPS) is 15.9. The van der Waals surface area contributed by atoms with Crippen LogP contribution in [0.5, 0.6) is 0 Å². The van der Waals surface area contributed by atoms with Gasteiger partial charge in [-0.05, 0) is 44.2 Å². The van der Waals surface area contributed by atoms with Gasteiger partial charge in [-0.25, -0.2) is 4.98 Å². The maximum Gasteiger partial charge on any atom is 0.229 e. The van der Waals surface area contributed by atoms with Gasteiger partial charge in [-0.15, -0.1) is 0 Å². The minimum atomic E-state index is 0.460. The van der Waals surface area contributed by atoms with Crippen molar-refractivity contribution in [1.29, 1.82) is 0 Å². The summed E-state index contributed by atoms with van der Waals surface area (Å²) in [5.41, 5.74) is 7.88. The highest BCUT2D eigenvalue weighted by atomic mass is 15.3. The van der Waals surface area contributed by atoms with Gasteiger partial charge in [-0.2, -0.15) is 4.98 Å². The zero-order valence-corrected chi connectivity index (χ0v) is 13.7. The predicted octanol–water partition coefficient (Wildman–Crippen LogP) is 2.33. The van der Waals surface area contributed by atoms with Crippen LogP contribution in [0.4, 0.5) is 23.1 Å². The summed E-state index contributed by atoms with van der Waals surface area (Å²) in [6.07, 6.45) is 1.65. The smallest absolute Gasteiger partial charge is 0.229 e. The standard InChI is InChI=1S/C17H24N6/c1-13(2)22-9-11-23(12-10-22)15-5-3-14(4-6-15)20-17-19-8-7-16(18)21-17/h3-8,13H,9-12H2,1-2H3,(H3,18,19,20,21). The summed E-state index contributed by atoms with van der Waals surface area (Å²) in [7, 11) is 0. The number of nitrogens with two attached hydrogens (primary N) is 1. The molecule has 3 rings (SSSR count). The lowest BCUT2D eigenvalue weighted by Gasteiger charge is -2.38. The molecule has 0 saturated carbocycles. The fraction of sp³-hybridized carbons (Fsp3) is 0.412. The molecule has 23 heavy (non-hydrogen) atoms. The van der Waals surface area contributed by atoms with E-state index in [0.29, 0.717) is 17.8 Å². The fourth-order valence-corrected chi connectivity index (χ4v) is 2.81. The lowest BCUT2D eigenvalue weighted by Crippen LogP contribution is -2.48. The van der Waals surface area contributed by atoms with E-state index >= 15 is 0 Å². The molecule has 1 fully saturated rings. The topological polar surface area (TPSA) is 70.3 Å². The van der Waals surface area contributed by atoms with Crippen molar-refractivity contribution < 1.29 is 0 Å². The van der Waals surface area contributed by atoms with E-state index in [4.69, 9.17) is 5.73 Å². The molecule has 1 aliphatic heterocycles. The predicted molar refractivity (Wildman–Crippen MR) is 95.1 cm³/mol. The Hall–Kier alpha value is -2.34. The average molecular weight is 312 g/mol. The highest BCUT2D eigenvalue weighted by Crippen LogP contribution is 2.21. The molecule has 0 atom stereocenters. The molecule has 2 heterocycles. The van der Waals surface area contributed by atoms with Crippen LogP contribution in [-0.4, -0.2) is 47.1 Å². The van der Waals surface area contributed by atoms with Crippen molar-refractivity contribution in [2.24, 2.45) is 0 Å². The van der Waals surface area contributed by atoms with E-state index in [9.17, 15) is 0 Å². The van der Waals surface area contributed by atoms with E-state index in [1.165, 1.54) is 5.69 Å². The molecule has 0 amide bonds. The van der Waals surface area contributed by atoms with Gasteiger partial charge in [-0.1, -0.05) is 0 Å². The third-order valence-electron chi connectivity index (χ3n) is 4.21. The zero-order chi connectivity index (χ0) is 16.2. The summed E-state index contributed by atoms with van der Waals surface area (Å²) in [5, 5.41) is 3.17. The van der Waals surface area contributed by atoms with Gasteiger partial charge in [-0.3, -0.25) is 4.90 Å². The molecule has 0 aliphatic carbocycles. The Balaban J connectivity index is 1.61. The van der Waals surface area contributed by atoms with Gasteiger partial charge in [0.1, 0.15) is 5.82 Å². The number of nitrogens with zero attached hydrogens (tertiary/aromatic N) is 4. The van der Waals surface area contributed by atoms with E-state index in [1.807, 2.05) is 0 Å². The molecule has 3 N–H and O–H groups in total. The van der Waals surface area contributed by atoms with E-state index in [-0.39, 0.29) is 0 Å². The molecule has 0 spiro atoms. The lowest BCUT2D eigenvalue weighted by molar-refractivity contribution is 0.209. The Kier molecular flexibility index (Phi) is 4.62. The van der Waals surface area contributed by atoms with Crippen molar-refractivity contribution >= 4 is 23.1 Å². The van der Waals surface area contributed by atoms with Crippen LogP contribution in [0.3, 0.4) is 0 Å². The summed E-state index contributed by atoms with van der Waals surface area (Å²) in [6, 6.07) is 10.7. The van der Waals surface area contributed by atoms with Crippen LogP contribution >= 0.6 is 0 Å². The van der Waals surface area contributed by atoms with E-state index in [2.05, 4.69) is 63.2 Å². The molecule has 0 radical (unpaired) electrons. The number of nitrogen functional groups attached to an aromatic ring is 1. The van der Waals surface area contributed by atoms with Gasteiger partial charge in [0.15, 0.2) is 0 Å². The van der Waals surface area contributed by atoms with Crippen molar-refractivity contribution in [3.8, 4) is 0 Å². The van der Waals surface area contributed by atoms with Crippen molar-refractivity contribution in [2.75, 3.05) is 42.1 Å². The monoisotopic (exact) mass is 312 g/mol. The van der Waals surface area contributed by atoms with Gasteiger partial charge in [0.2, 0.25) is 5.95 Å². The summed E-state index contributed by atoms with van der Waals surface area (Å²) in [6.45, 7) is 8.90. The Bertz CT molecular complexity index is 632. The summed E-state index contributed by atoms with van der Waals surface area (Å²) in [4.78, 5) is 13.2. The number of piperazine rings is 1. The molecule has 1 aromatic heterocycles. The zero-order valence-electron chi connectivity index (χ0n) is 13.7. The lowest BCUT2D eigenvalue weighted by atomic mass is 10.2. The van der Waals surface area contributed by atoms with Crippen LogP contribution < -0.4 is 16.0 Å². The molecule has 0 unspecified atom stereocenters. The first-order chi connectivity index (χ1) is 11.1. The molecule has 2 aromatic rings. The molecule has 0 bridgehead atoms. The maximum absolute atomic E-state index is 5.66. The first kappa shape index (κ1) is 15.6. The van der Waals surface area contributed by atoms with Crippen LogP contribution in [-0.2, 0) is 0 Å². The van der Waals surface area contributed by atoms with Gasteiger partial charge < -0.3 is 16.0 Å². The summed E-state index contributed by atoms with van der Waals surface area (Å²) in [5.74, 6) is 0.977. The molecule has 1 saturated heterocycles. The summed E-state index contributed by atoms with van der Waals surface area (Å²) >= 11 is 0. The van der Waals surface area contributed by atoms with Gasteiger partial charge in [0, 0.05) is 49.8 Å². The number of anilines is 4. The Morgan fingerprint density at radius 1 is 1.04 bits per heavy atom. The Morgan fingerprint density at radius 3 is 2.35 bits per heavy atom. The van der Waals surface area contributed by atoms with Crippen molar-refractivity contribution in [3.63, 3.8) is 0 Å². The highest BCUT2D eigenvalue weighted by Gasteiger charge is 2.18. The van der Waals surface area contributed by atoms with Crippen LogP contribution in [0.1, 0.15) is 13.8 Å². The first-order valence-corrected chi connectivity index (χ1v) is 8.06. The van der Waals surface area contributed by atoms with Crippen LogP contribution in [0.2, 0.25) is 0 Å². The van der Waals surface area contributed by atoms with Crippen LogP contribution in [0.25, 0.3) is 0 Å². The van der Waals surface area contributed by atoms with E-state index in [0.717, 1.165) is 31.9 Å². The van der Waals surface area contributed by atoms with Crippen LogP contribution in [0, 0.1) is 0 Å². The number of hydrogen-bond donors (Lipinski definition) is 2. The molecule has 6 nitrogen and oxygen atoms in total. The van der Waals surface area contributed by atoms with E-state index < -0.39 is 0 Å². The number of hydrogen-bond acceptors (Lipinski definition) is 6. The van der Waals surface area contributed by atoms with Gasteiger partial charge in [0.25, 0.3) is 0 Å². The number of rotatable bonds is 4. The highest BCUT2D eigenvalue weighted by molar-refractivity contribution is 5.59. The quantitative estimate of drug-likeness (QED) is 0.903. The molecule has 122 valence electrons. The number of nitrogens with one attached hydrogen (secondary N) is 1. The largest absolute Gasteiger partial charge is 0.384 e. The van der Waals surface area contributed by atoms with E-state index in [1.54, 1.807) is 12.3 Å². The van der Waals surface area contributed by atoms with Gasteiger partial charge in [0.05, 0.1) is 0 Å². The summed E-state index contributed by atoms with van der Waals surface area (Å²) < 4.78 is 0. The molecule has 1 aliphatic rings. The number of aromatic nitrogens is 2. The fourth-order valence-electron chi connectivity index (χ4n) is 2.81. The van der Waals surface area contributed by atoms with Crippen molar-refractivity contribution in [3.05, 3.63) is 36.5 Å². The molecule has 6 heteroatoms. The van der Waals surface area contributed by atoms with Gasteiger partial charge >= 0.3 is 0 Å². The minimum Gasteiger partial charge on any atom is -0.384 e.